The van der Waals surface area contributed by atoms with Gasteiger partial charge in [0.05, 0.1) is 0 Å². The number of carbonyl (C=O) groups excluding carboxylic acids is 1. The molecule has 0 bridgehead atoms. The number of hydrogen-bond donors (Lipinski definition) is 1. The maximum Gasteiger partial charge on any atom is 0.410 e. The third-order valence-electron chi connectivity index (χ3n) is 3.63. The van der Waals surface area contributed by atoms with Crippen LogP contribution in [0.5, 0.6) is 0 Å². The van der Waals surface area contributed by atoms with Crippen LogP contribution in [0.15, 0.2) is 24.3 Å². The lowest BCUT2D eigenvalue weighted by Crippen LogP contribution is -2.51. The smallest absolute Gasteiger partial charge is 0.410 e. The Hall–Kier alpha value is -1.62. The average molecular weight is 308 g/mol. The summed E-state index contributed by atoms with van der Waals surface area (Å²) in [5.41, 5.74) is 6.49. The monoisotopic (exact) mass is 308 g/mol. The molecule has 4 nitrogen and oxygen atoms in total. The van der Waals surface area contributed by atoms with Crippen molar-refractivity contribution in [2.45, 2.75) is 45.3 Å². The Kier molecular flexibility index (Phi) is 5.06. The van der Waals surface area contributed by atoms with Gasteiger partial charge in [-0.3, -0.25) is 0 Å². The fourth-order valence-electron chi connectivity index (χ4n) is 2.87. The lowest BCUT2D eigenvalue weighted by molar-refractivity contribution is 0.0144. The zero-order chi connectivity index (χ0) is 16.3. The predicted octanol–water partition coefficient (Wildman–Crippen LogP) is 2.95. The highest BCUT2D eigenvalue weighted by atomic mass is 19.1. The summed E-state index contributed by atoms with van der Waals surface area (Å²) in [7, 11) is 0. The number of rotatable bonds is 2. The van der Waals surface area contributed by atoms with Crippen LogP contribution in [0.4, 0.5) is 9.18 Å². The number of halogens is 1. The molecule has 1 aliphatic heterocycles. The van der Waals surface area contributed by atoms with Crippen molar-refractivity contribution in [3.05, 3.63) is 35.6 Å². The molecule has 2 unspecified atom stereocenters. The molecule has 1 aromatic rings. The maximum atomic E-state index is 13.3. The molecule has 1 aromatic carbocycles. The molecule has 1 fully saturated rings. The molecular formula is C17H25FN2O2. The van der Waals surface area contributed by atoms with E-state index in [-0.39, 0.29) is 23.9 Å². The van der Waals surface area contributed by atoms with E-state index in [1.807, 2.05) is 26.8 Å². The van der Waals surface area contributed by atoms with Gasteiger partial charge in [-0.05, 0) is 57.2 Å². The highest BCUT2D eigenvalue weighted by Crippen LogP contribution is 2.22. The summed E-state index contributed by atoms with van der Waals surface area (Å²) in [6.45, 7) is 6.64. The summed E-state index contributed by atoms with van der Waals surface area (Å²) in [6, 6.07) is 6.51. The van der Waals surface area contributed by atoms with Gasteiger partial charge in [-0.25, -0.2) is 9.18 Å². The van der Waals surface area contributed by atoms with Crippen molar-refractivity contribution in [3.8, 4) is 0 Å². The number of likely N-dealkylation sites (tertiary alicyclic amines) is 1. The summed E-state index contributed by atoms with van der Waals surface area (Å²) >= 11 is 0. The normalized spacial score (nSPS) is 22.5. The van der Waals surface area contributed by atoms with Gasteiger partial charge in [0.25, 0.3) is 0 Å². The third kappa shape index (κ3) is 4.98. The molecule has 1 heterocycles. The van der Waals surface area contributed by atoms with Gasteiger partial charge in [-0.1, -0.05) is 12.1 Å². The van der Waals surface area contributed by atoms with Crippen LogP contribution in [-0.4, -0.2) is 35.7 Å². The number of hydrogen-bond acceptors (Lipinski definition) is 3. The van der Waals surface area contributed by atoms with E-state index >= 15 is 0 Å². The largest absolute Gasteiger partial charge is 0.444 e. The topological polar surface area (TPSA) is 55.6 Å². The second kappa shape index (κ2) is 6.65. The summed E-state index contributed by atoms with van der Waals surface area (Å²) < 4.78 is 18.7. The molecule has 1 amide bonds. The SMILES string of the molecule is CC(C)(C)OC(=O)N1CC(N)CC(Cc2cccc(F)c2)C1. The van der Waals surface area contributed by atoms with Crippen molar-refractivity contribution in [2.75, 3.05) is 13.1 Å². The van der Waals surface area contributed by atoms with E-state index in [9.17, 15) is 9.18 Å². The van der Waals surface area contributed by atoms with Gasteiger partial charge in [0.15, 0.2) is 0 Å². The zero-order valence-corrected chi connectivity index (χ0v) is 13.5. The van der Waals surface area contributed by atoms with Gasteiger partial charge in [0, 0.05) is 19.1 Å². The van der Waals surface area contributed by atoms with E-state index in [4.69, 9.17) is 10.5 Å². The van der Waals surface area contributed by atoms with Crippen LogP contribution in [0.25, 0.3) is 0 Å². The first-order valence-electron chi connectivity index (χ1n) is 7.71. The van der Waals surface area contributed by atoms with E-state index in [0.717, 1.165) is 12.0 Å². The first kappa shape index (κ1) is 16.7. The predicted molar refractivity (Wildman–Crippen MR) is 84.0 cm³/mol. The molecule has 2 rings (SSSR count). The van der Waals surface area contributed by atoms with Gasteiger partial charge in [0.1, 0.15) is 11.4 Å². The Labute approximate surface area is 131 Å². The lowest BCUT2D eigenvalue weighted by atomic mass is 9.89. The fourth-order valence-corrected chi connectivity index (χ4v) is 2.87. The Bertz CT molecular complexity index is 528. The molecule has 0 radical (unpaired) electrons. The van der Waals surface area contributed by atoms with Crippen LogP contribution in [0.2, 0.25) is 0 Å². The first-order valence-corrected chi connectivity index (χ1v) is 7.71. The molecule has 2 N–H and O–H groups in total. The summed E-state index contributed by atoms with van der Waals surface area (Å²) in [6.07, 6.45) is 1.22. The van der Waals surface area contributed by atoms with E-state index in [1.165, 1.54) is 12.1 Å². The molecule has 0 aromatic heterocycles. The van der Waals surface area contributed by atoms with Crippen molar-refractivity contribution in [3.63, 3.8) is 0 Å². The van der Waals surface area contributed by atoms with Crippen molar-refractivity contribution >= 4 is 6.09 Å². The highest BCUT2D eigenvalue weighted by molar-refractivity contribution is 5.68. The first-order chi connectivity index (χ1) is 10.2. The number of piperidine rings is 1. The van der Waals surface area contributed by atoms with E-state index in [1.54, 1.807) is 11.0 Å². The van der Waals surface area contributed by atoms with Gasteiger partial charge in [-0.15, -0.1) is 0 Å². The van der Waals surface area contributed by atoms with Crippen LogP contribution in [0.3, 0.4) is 0 Å². The molecule has 5 heteroatoms. The zero-order valence-electron chi connectivity index (χ0n) is 13.5. The molecule has 0 saturated carbocycles. The second-order valence-corrected chi connectivity index (χ2v) is 7.08. The number of ether oxygens (including phenoxy) is 1. The molecule has 1 aliphatic rings. The van der Waals surface area contributed by atoms with Gasteiger partial charge >= 0.3 is 6.09 Å². The molecule has 0 aliphatic carbocycles. The summed E-state index contributed by atoms with van der Waals surface area (Å²) in [4.78, 5) is 13.9. The minimum Gasteiger partial charge on any atom is -0.444 e. The van der Waals surface area contributed by atoms with Crippen LogP contribution < -0.4 is 5.73 Å². The lowest BCUT2D eigenvalue weighted by Gasteiger charge is -2.37. The standard InChI is InChI=1S/C17H25FN2O2/c1-17(2,3)22-16(21)20-10-13(9-15(19)11-20)7-12-5-4-6-14(18)8-12/h4-6,8,13,15H,7,9-11,19H2,1-3H3. The number of carbonyl (C=O) groups is 1. The van der Waals surface area contributed by atoms with Crippen molar-refractivity contribution < 1.29 is 13.9 Å². The average Bonchev–Trinajstić information content (AvgIpc) is 2.36. The van der Waals surface area contributed by atoms with Crippen LogP contribution in [0.1, 0.15) is 32.8 Å². The summed E-state index contributed by atoms with van der Waals surface area (Å²) in [5.74, 6) is -0.0142. The third-order valence-corrected chi connectivity index (χ3v) is 3.63. The highest BCUT2D eigenvalue weighted by Gasteiger charge is 2.31. The second-order valence-electron chi connectivity index (χ2n) is 7.08. The number of benzene rings is 1. The Morgan fingerprint density at radius 2 is 2.14 bits per heavy atom. The van der Waals surface area contributed by atoms with Gasteiger partial charge in [-0.2, -0.15) is 0 Å². The van der Waals surface area contributed by atoms with E-state index < -0.39 is 5.60 Å². The summed E-state index contributed by atoms with van der Waals surface area (Å²) in [5, 5.41) is 0. The van der Waals surface area contributed by atoms with Gasteiger partial charge in [0.2, 0.25) is 0 Å². The van der Waals surface area contributed by atoms with Crippen LogP contribution in [0, 0.1) is 11.7 Å². The van der Waals surface area contributed by atoms with Crippen LogP contribution >= 0.6 is 0 Å². The maximum absolute atomic E-state index is 13.3. The van der Waals surface area contributed by atoms with Crippen molar-refractivity contribution in [2.24, 2.45) is 11.7 Å². The quantitative estimate of drug-likeness (QED) is 0.914. The molecule has 2 atom stereocenters. The Morgan fingerprint density at radius 1 is 1.41 bits per heavy atom. The molecule has 0 spiro atoms. The van der Waals surface area contributed by atoms with Crippen LogP contribution in [-0.2, 0) is 11.2 Å². The number of nitrogens with zero attached hydrogens (tertiary/aromatic N) is 1. The van der Waals surface area contributed by atoms with E-state index in [2.05, 4.69) is 0 Å². The molecule has 22 heavy (non-hydrogen) atoms. The van der Waals surface area contributed by atoms with E-state index in [0.29, 0.717) is 19.5 Å². The van der Waals surface area contributed by atoms with Gasteiger partial charge < -0.3 is 15.4 Å². The number of amides is 1. The molecule has 122 valence electrons. The minimum absolute atomic E-state index is 0.0696. The Morgan fingerprint density at radius 3 is 2.77 bits per heavy atom. The number of nitrogens with two attached hydrogens (primary N) is 1. The molecular weight excluding hydrogens is 283 g/mol. The molecule has 1 saturated heterocycles. The fraction of sp³-hybridized carbons (Fsp3) is 0.588. The van der Waals surface area contributed by atoms with Crippen molar-refractivity contribution in [1.29, 1.82) is 0 Å². The van der Waals surface area contributed by atoms with Crippen molar-refractivity contribution in [1.82, 2.24) is 4.90 Å². The Balaban J connectivity index is 2.00. The minimum atomic E-state index is -0.517.